The molecule has 1 aliphatic heterocycles. The minimum Gasteiger partial charge on any atom is -0.497 e. The highest BCUT2D eigenvalue weighted by molar-refractivity contribution is 5.76. The molecule has 2 rings (SSSR count). The fraction of sp³-hybridized carbons (Fsp3) is 0.562. The van der Waals surface area contributed by atoms with Gasteiger partial charge in [0.05, 0.1) is 14.2 Å². The van der Waals surface area contributed by atoms with Crippen LogP contribution in [0.25, 0.3) is 0 Å². The molecule has 0 bridgehead atoms. The third kappa shape index (κ3) is 4.36. The second-order valence-corrected chi connectivity index (χ2v) is 5.19. The highest BCUT2D eigenvalue weighted by Gasteiger charge is 2.16. The molecule has 0 atom stereocenters. The van der Waals surface area contributed by atoms with E-state index < -0.39 is 0 Å². The molecule has 21 heavy (non-hydrogen) atoms. The highest BCUT2D eigenvalue weighted by atomic mass is 16.5. The van der Waals surface area contributed by atoms with Gasteiger partial charge in [-0.1, -0.05) is 0 Å². The first-order chi connectivity index (χ1) is 10.2. The lowest BCUT2D eigenvalue weighted by molar-refractivity contribution is -0.130. The number of methoxy groups -OCH3 is 2. The molecule has 1 aliphatic rings. The first kappa shape index (κ1) is 15.6. The number of ether oxygens (including phenoxy) is 2. The molecule has 1 aromatic carbocycles. The molecule has 1 amide bonds. The van der Waals surface area contributed by atoms with Gasteiger partial charge in [0.25, 0.3) is 0 Å². The van der Waals surface area contributed by atoms with Crippen LogP contribution >= 0.6 is 0 Å². The molecule has 1 heterocycles. The van der Waals surface area contributed by atoms with Crippen molar-refractivity contribution >= 4 is 5.91 Å². The Morgan fingerprint density at radius 1 is 1.24 bits per heavy atom. The molecule has 0 radical (unpaired) electrons. The van der Waals surface area contributed by atoms with E-state index in [1.165, 1.54) is 0 Å². The van der Waals surface area contributed by atoms with E-state index in [1.54, 1.807) is 14.2 Å². The molecule has 116 valence electrons. The van der Waals surface area contributed by atoms with Gasteiger partial charge in [-0.3, -0.25) is 4.79 Å². The molecular formula is C16H24N2O3. The summed E-state index contributed by atoms with van der Waals surface area (Å²) in [7, 11) is 3.30. The van der Waals surface area contributed by atoms with Gasteiger partial charge in [-0.05, 0) is 31.0 Å². The molecule has 1 fully saturated rings. The maximum Gasteiger partial charge on any atom is 0.223 e. The Kier molecular flexibility index (Phi) is 5.87. The molecule has 0 aliphatic carbocycles. The number of nitrogens with zero attached hydrogens (tertiary/aromatic N) is 1. The van der Waals surface area contributed by atoms with Crippen LogP contribution in [0.3, 0.4) is 0 Å². The van der Waals surface area contributed by atoms with E-state index in [4.69, 9.17) is 9.47 Å². The van der Waals surface area contributed by atoms with Crippen molar-refractivity contribution in [2.75, 3.05) is 33.9 Å². The lowest BCUT2D eigenvalue weighted by atomic mass is 10.2. The van der Waals surface area contributed by atoms with Crippen LogP contribution in [-0.2, 0) is 11.3 Å². The van der Waals surface area contributed by atoms with Crippen LogP contribution in [0.15, 0.2) is 18.2 Å². The smallest absolute Gasteiger partial charge is 0.223 e. The maximum atomic E-state index is 11.9. The molecule has 0 aromatic heterocycles. The topological polar surface area (TPSA) is 50.8 Å². The van der Waals surface area contributed by atoms with Gasteiger partial charge < -0.3 is 19.7 Å². The van der Waals surface area contributed by atoms with Gasteiger partial charge in [-0.2, -0.15) is 0 Å². The second kappa shape index (κ2) is 7.88. The Morgan fingerprint density at radius 3 is 2.67 bits per heavy atom. The molecule has 1 aromatic rings. The first-order valence-corrected chi connectivity index (χ1v) is 7.44. The molecular weight excluding hydrogens is 268 g/mol. The van der Waals surface area contributed by atoms with Crippen molar-refractivity contribution in [2.45, 2.75) is 25.8 Å². The van der Waals surface area contributed by atoms with E-state index in [0.717, 1.165) is 43.0 Å². The van der Waals surface area contributed by atoms with E-state index in [-0.39, 0.29) is 5.91 Å². The maximum absolute atomic E-state index is 11.9. The normalized spacial score (nSPS) is 14.3. The summed E-state index contributed by atoms with van der Waals surface area (Å²) in [4.78, 5) is 13.9. The molecule has 0 saturated carbocycles. The summed E-state index contributed by atoms with van der Waals surface area (Å²) < 4.78 is 10.6. The molecule has 0 unspecified atom stereocenters. The number of nitrogens with one attached hydrogen (secondary N) is 1. The van der Waals surface area contributed by atoms with Crippen molar-refractivity contribution in [3.8, 4) is 11.5 Å². The average molecular weight is 292 g/mol. The van der Waals surface area contributed by atoms with Gasteiger partial charge in [-0.15, -0.1) is 0 Å². The van der Waals surface area contributed by atoms with Crippen molar-refractivity contribution < 1.29 is 14.3 Å². The number of carbonyl (C=O) groups excluding carboxylic acids is 1. The standard InChI is InChI=1S/C16H24N2O3/c1-20-14-5-6-15(21-2)13(11-14)12-17-8-7-16(19)18-9-3-4-10-18/h5-6,11,17H,3-4,7-10,12H2,1-2H3. The number of hydrogen-bond acceptors (Lipinski definition) is 4. The predicted molar refractivity (Wildman–Crippen MR) is 81.7 cm³/mol. The van der Waals surface area contributed by atoms with Crippen LogP contribution in [-0.4, -0.2) is 44.7 Å². The zero-order valence-corrected chi connectivity index (χ0v) is 12.9. The summed E-state index contributed by atoms with van der Waals surface area (Å²) in [6, 6.07) is 5.72. The Hall–Kier alpha value is -1.75. The quantitative estimate of drug-likeness (QED) is 0.779. The van der Waals surface area contributed by atoms with E-state index in [9.17, 15) is 4.79 Å². The Morgan fingerprint density at radius 2 is 2.00 bits per heavy atom. The summed E-state index contributed by atoms with van der Waals surface area (Å²) in [6.45, 7) is 3.18. The molecule has 5 heteroatoms. The Labute approximate surface area is 126 Å². The van der Waals surface area contributed by atoms with Crippen molar-refractivity contribution in [3.63, 3.8) is 0 Å². The molecule has 1 N–H and O–H groups in total. The van der Waals surface area contributed by atoms with Crippen LogP contribution in [0.2, 0.25) is 0 Å². The zero-order chi connectivity index (χ0) is 15.1. The number of benzene rings is 1. The summed E-state index contributed by atoms with van der Waals surface area (Å²) in [5.41, 5.74) is 1.03. The molecule has 1 saturated heterocycles. The van der Waals surface area contributed by atoms with Gasteiger partial charge >= 0.3 is 0 Å². The fourth-order valence-corrected chi connectivity index (χ4v) is 2.56. The number of carbonyl (C=O) groups is 1. The third-order valence-electron chi connectivity index (χ3n) is 3.78. The van der Waals surface area contributed by atoms with Crippen molar-refractivity contribution in [1.82, 2.24) is 10.2 Å². The van der Waals surface area contributed by atoms with E-state index in [2.05, 4.69) is 5.32 Å². The van der Waals surface area contributed by atoms with Crippen LogP contribution < -0.4 is 14.8 Å². The third-order valence-corrected chi connectivity index (χ3v) is 3.78. The highest BCUT2D eigenvalue weighted by Crippen LogP contribution is 2.23. The number of hydrogen-bond donors (Lipinski definition) is 1. The molecule has 0 spiro atoms. The molecule has 5 nitrogen and oxygen atoms in total. The van der Waals surface area contributed by atoms with Crippen molar-refractivity contribution in [3.05, 3.63) is 23.8 Å². The van der Waals surface area contributed by atoms with Crippen LogP contribution in [0.1, 0.15) is 24.8 Å². The van der Waals surface area contributed by atoms with Crippen LogP contribution in [0.4, 0.5) is 0 Å². The van der Waals surface area contributed by atoms with Crippen LogP contribution in [0.5, 0.6) is 11.5 Å². The van der Waals surface area contributed by atoms with Gasteiger partial charge in [-0.25, -0.2) is 0 Å². The predicted octanol–water partition coefficient (Wildman–Crippen LogP) is 1.81. The van der Waals surface area contributed by atoms with E-state index >= 15 is 0 Å². The average Bonchev–Trinajstić information content (AvgIpc) is 3.05. The van der Waals surface area contributed by atoms with Crippen LogP contribution in [0, 0.1) is 0 Å². The Bertz CT molecular complexity index is 471. The lowest BCUT2D eigenvalue weighted by Crippen LogP contribution is -2.30. The first-order valence-electron chi connectivity index (χ1n) is 7.44. The van der Waals surface area contributed by atoms with Crippen molar-refractivity contribution in [2.24, 2.45) is 0 Å². The summed E-state index contributed by atoms with van der Waals surface area (Å²) in [5, 5.41) is 3.30. The largest absolute Gasteiger partial charge is 0.497 e. The van der Waals surface area contributed by atoms with Crippen molar-refractivity contribution in [1.29, 1.82) is 0 Å². The van der Waals surface area contributed by atoms with E-state index in [1.807, 2.05) is 23.1 Å². The minimum absolute atomic E-state index is 0.248. The summed E-state index contributed by atoms with van der Waals surface area (Å²) in [5.74, 6) is 1.88. The SMILES string of the molecule is COc1ccc(OC)c(CNCCC(=O)N2CCCC2)c1. The van der Waals surface area contributed by atoms with Gasteiger partial charge in [0.15, 0.2) is 0 Å². The summed E-state index contributed by atoms with van der Waals surface area (Å²) in [6.07, 6.45) is 2.83. The minimum atomic E-state index is 0.248. The number of rotatable bonds is 7. The van der Waals surface area contributed by atoms with Gasteiger partial charge in [0, 0.05) is 38.2 Å². The zero-order valence-electron chi connectivity index (χ0n) is 12.9. The lowest BCUT2D eigenvalue weighted by Gasteiger charge is -2.15. The van der Waals surface area contributed by atoms with E-state index in [0.29, 0.717) is 19.5 Å². The number of likely N-dealkylation sites (tertiary alicyclic amines) is 1. The monoisotopic (exact) mass is 292 g/mol. The Balaban J connectivity index is 1.78. The fourth-order valence-electron chi connectivity index (χ4n) is 2.56. The second-order valence-electron chi connectivity index (χ2n) is 5.19. The summed E-state index contributed by atoms with van der Waals surface area (Å²) >= 11 is 0. The van der Waals surface area contributed by atoms with Gasteiger partial charge in [0.1, 0.15) is 11.5 Å². The number of amides is 1. The van der Waals surface area contributed by atoms with Gasteiger partial charge in [0.2, 0.25) is 5.91 Å².